The molecule has 0 radical (unpaired) electrons. The molecule has 0 aliphatic carbocycles. The van der Waals surface area contributed by atoms with Crippen LogP contribution in [-0.2, 0) is 9.63 Å². The van der Waals surface area contributed by atoms with E-state index in [1.54, 1.807) is 0 Å². The van der Waals surface area contributed by atoms with Crippen molar-refractivity contribution in [2.45, 2.75) is 59.3 Å². The molecule has 0 heterocycles. The SMILES string of the molecule is CCCNC(=O)CCCCON=C(CC)CC. The van der Waals surface area contributed by atoms with Crippen LogP contribution in [0, 0.1) is 0 Å². The monoisotopic (exact) mass is 242 g/mol. The quantitative estimate of drug-likeness (QED) is 0.364. The van der Waals surface area contributed by atoms with Gasteiger partial charge in [0.05, 0.1) is 5.71 Å². The Labute approximate surface area is 105 Å². The highest BCUT2D eigenvalue weighted by atomic mass is 16.6. The minimum Gasteiger partial charge on any atom is -0.396 e. The molecule has 0 saturated carbocycles. The van der Waals surface area contributed by atoms with Crippen LogP contribution < -0.4 is 5.32 Å². The number of carbonyl (C=O) groups excluding carboxylic acids is 1. The van der Waals surface area contributed by atoms with Gasteiger partial charge in [0, 0.05) is 13.0 Å². The molecule has 0 aliphatic rings. The zero-order valence-electron chi connectivity index (χ0n) is 11.4. The number of oxime groups is 1. The third-order valence-corrected chi connectivity index (χ3v) is 2.47. The van der Waals surface area contributed by atoms with E-state index in [0.29, 0.717) is 13.0 Å². The number of nitrogens with one attached hydrogen (secondary N) is 1. The fourth-order valence-electron chi connectivity index (χ4n) is 1.32. The van der Waals surface area contributed by atoms with Gasteiger partial charge < -0.3 is 10.2 Å². The summed E-state index contributed by atoms with van der Waals surface area (Å²) in [6.45, 7) is 7.57. The Kier molecular flexibility index (Phi) is 10.7. The van der Waals surface area contributed by atoms with Crippen LogP contribution in [0.3, 0.4) is 0 Å². The second-order valence-electron chi connectivity index (χ2n) is 4.00. The molecule has 0 fully saturated rings. The summed E-state index contributed by atoms with van der Waals surface area (Å²) in [5.74, 6) is 0.137. The molecule has 1 amide bonds. The van der Waals surface area contributed by atoms with Gasteiger partial charge in [-0.05, 0) is 32.1 Å². The predicted octanol–water partition coefficient (Wildman–Crippen LogP) is 2.88. The molecule has 0 unspecified atom stereocenters. The fraction of sp³-hybridized carbons (Fsp3) is 0.846. The van der Waals surface area contributed by atoms with Crippen LogP contribution in [0.1, 0.15) is 59.3 Å². The molecule has 0 rings (SSSR count). The first kappa shape index (κ1) is 15.9. The van der Waals surface area contributed by atoms with Crippen molar-refractivity contribution in [3.05, 3.63) is 0 Å². The van der Waals surface area contributed by atoms with Crippen LogP contribution >= 0.6 is 0 Å². The molecule has 0 aromatic carbocycles. The molecule has 100 valence electrons. The van der Waals surface area contributed by atoms with Gasteiger partial charge in [-0.25, -0.2) is 0 Å². The Morgan fingerprint density at radius 1 is 1.18 bits per heavy atom. The maximum atomic E-state index is 11.3. The van der Waals surface area contributed by atoms with Gasteiger partial charge in [0.15, 0.2) is 0 Å². The summed E-state index contributed by atoms with van der Waals surface area (Å²) in [6, 6.07) is 0. The maximum absolute atomic E-state index is 11.3. The Morgan fingerprint density at radius 3 is 2.47 bits per heavy atom. The number of nitrogens with zero attached hydrogens (tertiary/aromatic N) is 1. The third kappa shape index (κ3) is 9.85. The first-order valence-electron chi connectivity index (χ1n) is 6.68. The Hall–Kier alpha value is -1.06. The van der Waals surface area contributed by atoms with Crippen LogP contribution in [0.15, 0.2) is 5.16 Å². The number of hydrogen-bond acceptors (Lipinski definition) is 3. The zero-order valence-corrected chi connectivity index (χ0v) is 11.4. The number of rotatable bonds is 10. The highest BCUT2D eigenvalue weighted by molar-refractivity contribution is 5.83. The topological polar surface area (TPSA) is 50.7 Å². The standard InChI is InChI=1S/C13H26N2O2/c1-4-10-14-13(16)9-7-8-11-17-15-12(5-2)6-3/h4-11H2,1-3H3,(H,14,16). The van der Waals surface area contributed by atoms with E-state index < -0.39 is 0 Å². The second kappa shape index (κ2) is 11.4. The number of amides is 1. The third-order valence-electron chi connectivity index (χ3n) is 2.47. The Bertz CT molecular complexity index is 221. The van der Waals surface area contributed by atoms with E-state index in [1.807, 2.05) is 6.92 Å². The molecule has 0 atom stereocenters. The molecule has 4 nitrogen and oxygen atoms in total. The van der Waals surface area contributed by atoms with Gasteiger partial charge in [0.2, 0.25) is 5.91 Å². The van der Waals surface area contributed by atoms with Gasteiger partial charge in [-0.2, -0.15) is 0 Å². The molecule has 0 aromatic heterocycles. The highest BCUT2D eigenvalue weighted by Gasteiger charge is 1.99. The molecular formula is C13H26N2O2. The summed E-state index contributed by atoms with van der Waals surface area (Å²) in [4.78, 5) is 16.5. The van der Waals surface area contributed by atoms with E-state index in [0.717, 1.165) is 44.4 Å². The van der Waals surface area contributed by atoms with Gasteiger partial charge in [-0.1, -0.05) is 25.9 Å². The largest absolute Gasteiger partial charge is 0.396 e. The van der Waals surface area contributed by atoms with Gasteiger partial charge >= 0.3 is 0 Å². The van der Waals surface area contributed by atoms with Crippen LogP contribution in [-0.4, -0.2) is 24.8 Å². The molecule has 0 spiro atoms. The van der Waals surface area contributed by atoms with E-state index in [2.05, 4.69) is 24.3 Å². The lowest BCUT2D eigenvalue weighted by Crippen LogP contribution is -2.23. The first-order chi connectivity index (χ1) is 8.24. The van der Waals surface area contributed by atoms with E-state index >= 15 is 0 Å². The van der Waals surface area contributed by atoms with Crippen LogP contribution in [0.25, 0.3) is 0 Å². The summed E-state index contributed by atoms with van der Waals surface area (Å²) in [6.07, 6.45) is 5.19. The molecule has 0 aromatic rings. The van der Waals surface area contributed by atoms with Crippen LogP contribution in [0.5, 0.6) is 0 Å². The lowest BCUT2D eigenvalue weighted by Gasteiger charge is -2.04. The number of hydrogen-bond donors (Lipinski definition) is 1. The molecule has 4 heteroatoms. The summed E-state index contributed by atoms with van der Waals surface area (Å²) in [7, 11) is 0. The van der Waals surface area contributed by atoms with Crippen molar-refractivity contribution < 1.29 is 9.63 Å². The Morgan fingerprint density at radius 2 is 1.88 bits per heavy atom. The molecule has 0 saturated heterocycles. The van der Waals surface area contributed by atoms with Crippen molar-refractivity contribution in [1.29, 1.82) is 0 Å². The van der Waals surface area contributed by atoms with Crippen molar-refractivity contribution in [3.8, 4) is 0 Å². The average Bonchev–Trinajstić information content (AvgIpc) is 2.35. The summed E-state index contributed by atoms with van der Waals surface area (Å²) < 4.78 is 0. The Balaban J connectivity index is 3.40. The summed E-state index contributed by atoms with van der Waals surface area (Å²) in [5, 5.41) is 6.90. The smallest absolute Gasteiger partial charge is 0.219 e. The van der Waals surface area contributed by atoms with Gasteiger partial charge in [0.1, 0.15) is 6.61 Å². The van der Waals surface area contributed by atoms with Gasteiger partial charge in [-0.3, -0.25) is 4.79 Å². The molecule has 17 heavy (non-hydrogen) atoms. The summed E-state index contributed by atoms with van der Waals surface area (Å²) >= 11 is 0. The molecular weight excluding hydrogens is 216 g/mol. The van der Waals surface area contributed by atoms with Crippen LogP contribution in [0.2, 0.25) is 0 Å². The highest BCUT2D eigenvalue weighted by Crippen LogP contribution is 1.98. The number of unbranched alkanes of at least 4 members (excludes halogenated alkanes) is 1. The fourth-order valence-corrected chi connectivity index (χ4v) is 1.32. The van der Waals surface area contributed by atoms with Gasteiger partial charge in [-0.15, -0.1) is 0 Å². The summed E-state index contributed by atoms with van der Waals surface area (Å²) in [5.41, 5.74) is 1.09. The minimum atomic E-state index is 0.137. The normalized spacial score (nSPS) is 9.82. The van der Waals surface area contributed by atoms with E-state index in [4.69, 9.17) is 4.84 Å². The first-order valence-corrected chi connectivity index (χ1v) is 6.68. The van der Waals surface area contributed by atoms with E-state index in [-0.39, 0.29) is 5.91 Å². The van der Waals surface area contributed by atoms with Crippen molar-refractivity contribution in [2.75, 3.05) is 13.2 Å². The maximum Gasteiger partial charge on any atom is 0.219 e. The average molecular weight is 242 g/mol. The van der Waals surface area contributed by atoms with Crippen LogP contribution in [0.4, 0.5) is 0 Å². The zero-order chi connectivity index (χ0) is 12.9. The van der Waals surface area contributed by atoms with E-state index in [9.17, 15) is 4.79 Å². The predicted molar refractivity (Wildman–Crippen MR) is 71.1 cm³/mol. The lowest BCUT2D eigenvalue weighted by molar-refractivity contribution is -0.121. The molecule has 0 bridgehead atoms. The molecule has 0 aliphatic heterocycles. The molecule has 1 N–H and O–H groups in total. The van der Waals surface area contributed by atoms with Crippen molar-refractivity contribution in [2.24, 2.45) is 5.16 Å². The van der Waals surface area contributed by atoms with Crippen molar-refractivity contribution in [1.82, 2.24) is 5.32 Å². The minimum absolute atomic E-state index is 0.137. The lowest BCUT2D eigenvalue weighted by atomic mass is 10.2. The number of carbonyl (C=O) groups is 1. The van der Waals surface area contributed by atoms with Gasteiger partial charge in [0.25, 0.3) is 0 Å². The van der Waals surface area contributed by atoms with E-state index in [1.165, 1.54) is 0 Å². The van der Waals surface area contributed by atoms with Crippen molar-refractivity contribution >= 4 is 11.6 Å². The second-order valence-corrected chi connectivity index (χ2v) is 4.00. The van der Waals surface area contributed by atoms with Crippen molar-refractivity contribution in [3.63, 3.8) is 0 Å².